The van der Waals surface area contributed by atoms with Crippen LogP contribution in [0.1, 0.15) is 0 Å². The summed E-state index contributed by atoms with van der Waals surface area (Å²) in [5, 5.41) is 0. The molecule has 0 aromatic heterocycles. The average Bonchev–Trinajstić information content (AvgIpc) is 1.41. The fraction of sp³-hybridized carbons (Fsp3) is 1.00. The van der Waals surface area contributed by atoms with Gasteiger partial charge in [-0.15, -0.1) is 0 Å². The minimum absolute atomic E-state index is 0.120. The topological polar surface area (TPSA) is 0 Å². The van der Waals surface area contributed by atoms with E-state index in [1.807, 2.05) is 0 Å². The summed E-state index contributed by atoms with van der Waals surface area (Å²) in [5.41, 5.74) is 0. The monoisotopic (exact) mass is 147 g/mol. The van der Waals surface area contributed by atoms with Gasteiger partial charge in [0.2, 0.25) is 0 Å². The van der Waals surface area contributed by atoms with Crippen LogP contribution < -0.4 is 0 Å². The van der Waals surface area contributed by atoms with Crippen molar-refractivity contribution in [2.75, 3.05) is 0 Å². The van der Waals surface area contributed by atoms with Crippen LogP contribution in [0.4, 0.5) is 0 Å². The maximum absolute atomic E-state index is 4.83. The molecule has 0 heterocycles. The minimum atomic E-state index is 0.120. The van der Waals surface area contributed by atoms with Gasteiger partial charge in [-0.1, -0.05) is 19.6 Å². The van der Waals surface area contributed by atoms with E-state index in [9.17, 15) is 0 Å². The van der Waals surface area contributed by atoms with Crippen molar-refractivity contribution >= 4 is 59.7 Å². The summed E-state index contributed by atoms with van der Waals surface area (Å²) < 4.78 is 4.83. The second kappa shape index (κ2) is 10.2. The van der Waals surface area contributed by atoms with Crippen LogP contribution in [0.5, 0.6) is 0 Å². The van der Waals surface area contributed by atoms with E-state index in [1.165, 1.54) is 0 Å². The first-order valence-electron chi connectivity index (χ1n) is 1.88. The third-order valence-corrected chi connectivity index (χ3v) is 0. The van der Waals surface area contributed by atoms with E-state index >= 15 is 0 Å². The predicted molar refractivity (Wildman–Crippen MR) is 35.0 cm³/mol. The van der Waals surface area contributed by atoms with Gasteiger partial charge in [-0.05, 0) is 0 Å². The molecule has 0 aromatic carbocycles. The van der Waals surface area contributed by atoms with Gasteiger partial charge in [0.25, 0.3) is 0 Å². The van der Waals surface area contributed by atoms with Crippen LogP contribution in [0.2, 0.25) is 19.6 Å². The zero-order chi connectivity index (χ0) is 5.58. The Hall–Kier alpha value is 2.14. The van der Waals surface area contributed by atoms with Crippen LogP contribution in [0, 0.1) is 0 Å². The van der Waals surface area contributed by atoms with Crippen molar-refractivity contribution in [2.24, 2.45) is 0 Å². The molecule has 0 N–H and O–H groups in total. The molecular weight excluding hydrogens is 139 g/mol. The predicted octanol–water partition coefficient (Wildman–Crippen LogP) is 1.68. The van der Waals surface area contributed by atoms with E-state index < -0.39 is 0 Å². The van der Waals surface area contributed by atoms with Gasteiger partial charge < -0.3 is 0 Å². The molecule has 0 aliphatic carbocycles. The summed E-state index contributed by atoms with van der Waals surface area (Å²) in [4.78, 5) is 0. The first-order valence-corrected chi connectivity index (χ1v) is 9.18. The van der Waals surface area contributed by atoms with Crippen LogP contribution in [-0.2, 0) is 0 Å². The molecule has 0 aliphatic heterocycles. The van der Waals surface area contributed by atoms with E-state index in [1.54, 1.807) is 0 Å². The second-order valence-electron chi connectivity index (χ2n) is 1.50. The van der Waals surface area contributed by atoms with Crippen molar-refractivity contribution in [1.82, 2.24) is 0 Å². The Balaban J connectivity index is 0. The number of rotatable bonds is 0. The Labute approximate surface area is 77.6 Å². The first kappa shape index (κ1) is 11.0. The molecule has 0 nitrogen and oxygen atoms in total. The standard InChI is InChI=1S/C3H9Si.ClH.K/c1-4(2)3;;/h1-3H3;1H;/q;;+1/p-1. The van der Waals surface area contributed by atoms with Gasteiger partial charge in [-0.25, -0.2) is 0 Å². The molecule has 0 bridgehead atoms. The number of hydrogen-bond acceptors (Lipinski definition) is 0. The molecule has 1 radical (unpaired) electrons. The van der Waals surface area contributed by atoms with E-state index in [0.29, 0.717) is 47.1 Å². The fourth-order valence-corrected chi connectivity index (χ4v) is 0. The molecule has 0 fully saturated rings. The van der Waals surface area contributed by atoms with Gasteiger partial charge in [0, 0.05) is 8.80 Å². The summed E-state index contributed by atoms with van der Waals surface area (Å²) in [7, 11) is 0.120. The quantitative estimate of drug-likeness (QED) is 0.458. The molecule has 6 heavy (non-hydrogen) atoms. The van der Waals surface area contributed by atoms with E-state index in [0.717, 1.165) is 0 Å². The molecule has 0 spiro atoms. The Bertz CT molecular complexity index is 15.5. The van der Waals surface area contributed by atoms with Gasteiger partial charge in [0.1, 0.15) is 0 Å². The summed E-state index contributed by atoms with van der Waals surface area (Å²) in [6.07, 6.45) is 0. The summed E-state index contributed by atoms with van der Waals surface area (Å²) in [5.74, 6) is 0. The van der Waals surface area contributed by atoms with E-state index in [4.69, 9.17) is 3.76 Å². The fourth-order valence-electron chi connectivity index (χ4n) is 0. The Kier molecular flexibility index (Phi) is 18.7. The van der Waals surface area contributed by atoms with Crippen molar-refractivity contribution in [3.63, 3.8) is 0 Å². The van der Waals surface area contributed by atoms with Crippen LogP contribution in [-0.4, -0.2) is 55.9 Å². The molecule has 33 valence electrons. The van der Waals surface area contributed by atoms with E-state index in [2.05, 4.69) is 19.6 Å². The maximum atomic E-state index is 4.83. The first-order chi connectivity index (χ1) is 2.73. The third kappa shape index (κ3) is 35.4. The molecular formula is C3H9ClKSi. The van der Waals surface area contributed by atoms with Crippen molar-refractivity contribution in [1.29, 1.82) is 0 Å². The summed E-state index contributed by atoms with van der Waals surface area (Å²) >= 11 is 0.535. The van der Waals surface area contributed by atoms with Crippen LogP contribution >= 0.6 is 3.76 Å². The molecule has 0 amide bonds. The Morgan fingerprint density at radius 3 is 1.17 bits per heavy atom. The van der Waals surface area contributed by atoms with Crippen molar-refractivity contribution in [3.05, 3.63) is 0 Å². The molecule has 0 aromatic rings. The number of hydrogen-bond donors (Lipinski definition) is 0. The molecule has 0 saturated carbocycles. The zero-order valence-corrected chi connectivity index (χ0v) is 9.76. The van der Waals surface area contributed by atoms with Crippen molar-refractivity contribution in [3.8, 4) is 0 Å². The molecule has 0 unspecified atom stereocenters. The van der Waals surface area contributed by atoms with Gasteiger partial charge in [0.05, 0.1) is 0 Å². The zero-order valence-electron chi connectivity index (χ0n) is 4.88. The molecule has 0 aliphatic rings. The Morgan fingerprint density at radius 2 is 1.17 bits per heavy atom. The number of halogens is 1. The van der Waals surface area contributed by atoms with Crippen molar-refractivity contribution in [2.45, 2.75) is 19.6 Å². The normalized spacial score (nSPS) is 7.17. The molecule has 3 heteroatoms. The van der Waals surface area contributed by atoms with Gasteiger partial charge in [-0.3, -0.25) is 0 Å². The molecule has 0 saturated heterocycles. The summed E-state index contributed by atoms with van der Waals surface area (Å²) in [6.45, 7) is 6.81. The summed E-state index contributed by atoms with van der Waals surface area (Å²) in [6, 6.07) is 0. The van der Waals surface area contributed by atoms with Crippen LogP contribution in [0.3, 0.4) is 0 Å². The average molecular weight is 148 g/mol. The van der Waals surface area contributed by atoms with Gasteiger partial charge in [-0.2, -0.15) is 0 Å². The van der Waals surface area contributed by atoms with Gasteiger partial charge in [0.15, 0.2) is 0 Å². The van der Waals surface area contributed by atoms with Crippen LogP contribution in [0.15, 0.2) is 0 Å². The van der Waals surface area contributed by atoms with Crippen molar-refractivity contribution < 1.29 is 0 Å². The Morgan fingerprint density at radius 1 is 1.17 bits per heavy atom. The molecule has 0 rings (SSSR count). The van der Waals surface area contributed by atoms with Gasteiger partial charge >= 0.3 is 50.9 Å². The molecule has 0 atom stereocenters. The third-order valence-electron chi connectivity index (χ3n) is 0. The van der Waals surface area contributed by atoms with Crippen LogP contribution in [0.25, 0.3) is 0 Å². The van der Waals surface area contributed by atoms with E-state index in [-0.39, 0.29) is 8.80 Å². The second-order valence-corrected chi connectivity index (χ2v) is 4.50. The SMILES string of the molecule is C[Si](C)C.[Cl][K].